The van der Waals surface area contributed by atoms with E-state index in [0.29, 0.717) is 25.5 Å². The van der Waals surface area contributed by atoms with Crippen LogP contribution < -0.4 is 10.2 Å². The molecule has 1 heterocycles. The number of rotatable bonds is 4. The van der Waals surface area contributed by atoms with Gasteiger partial charge in [-0.05, 0) is 37.0 Å². The van der Waals surface area contributed by atoms with E-state index in [1.165, 1.54) is 19.3 Å². The van der Waals surface area contributed by atoms with Gasteiger partial charge >= 0.3 is 6.09 Å². The highest BCUT2D eigenvalue weighted by atomic mass is 16.6. The van der Waals surface area contributed by atoms with Crippen LogP contribution in [0.4, 0.5) is 16.2 Å². The van der Waals surface area contributed by atoms with Crippen molar-refractivity contribution in [2.45, 2.75) is 38.5 Å². The first-order valence-corrected chi connectivity index (χ1v) is 8.06. The fourth-order valence-electron chi connectivity index (χ4n) is 3.24. The van der Waals surface area contributed by atoms with E-state index in [-0.39, 0.29) is 12.0 Å². The maximum absolute atomic E-state index is 12.2. The second-order valence-corrected chi connectivity index (χ2v) is 6.07. The second kappa shape index (κ2) is 6.81. The predicted molar refractivity (Wildman–Crippen MR) is 85.0 cm³/mol. The third kappa shape index (κ3) is 3.59. The first kappa shape index (κ1) is 14.9. The Labute approximate surface area is 130 Å². The summed E-state index contributed by atoms with van der Waals surface area (Å²) in [7, 11) is 0. The Morgan fingerprint density at radius 1 is 1.27 bits per heavy atom. The van der Waals surface area contributed by atoms with Gasteiger partial charge in [0.2, 0.25) is 5.91 Å². The molecular formula is C17H22N2O3. The molecule has 1 aromatic carbocycles. The summed E-state index contributed by atoms with van der Waals surface area (Å²) in [5.41, 5.74) is 1.50. The van der Waals surface area contributed by atoms with Crippen molar-refractivity contribution in [3.63, 3.8) is 0 Å². The topological polar surface area (TPSA) is 58.6 Å². The van der Waals surface area contributed by atoms with E-state index in [9.17, 15) is 9.59 Å². The van der Waals surface area contributed by atoms with Gasteiger partial charge in [-0.25, -0.2) is 4.79 Å². The molecule has 1 saturated carbocycles. The Morgan fingerprint density at radius 2 is 2.09 bits per heavy atom. The van der Waals surface area contributed by atoms with E-state index >= 15 is 0 Å². The highest BCUT2D eigenvalue weighted by molar-refractivity contribution is 5.93. The zero-order valence-electron chi connectivity index (χ0n) is 12.7. The Bertz CT molecular complexity index is 553. The molecule has 1 aliphatic carbocycles. The summed E-state index contributed by atoms with van der Waals surface area (Å²) in [6, 6.07) is 7.37. The van der Waals surface area contributed by atoms with Crippen molar-refractivity contribution >= 4 is 23.4 Å². The summed E-state index contributed by atoms with van der Waals surface area (Å²) in [6.07, 6.45) is 6.36. The number of ether oxygens (including phenoxy) is 1. The third-order valence-corrected chi connectivity index (χ3v) is 4.40. The Kier molecular flexibility index (Phi) is 4.61. The van der Waals surface area contributed by atoms with E-state index in [2.05, 4.69) is 5.32 Å². The van der Waals surface area contributed by atoms with Gasteiger partial charge in [0.1, 0.15) is 6.61 Å². The normalized spacial score (nSPS) is 19.1. The van der Waals surface area contributed by atoms with E-state index in [1.54, 1.807) is 4.90 Å². The summed E-state index contributed by atoms with van der Waals surface area (Å²) in [5, 5.41) is 2.95. The van der Waals surface area contributed by atoms with Crippen molar-refractivity contribution in [1.82, 2.24) is 0 Å². The number of carbonyl (C=O) groups is 2. The van der Waals surface area contributed by atoms with Gasteiger partial charge in [0.05, 0.1) is 6.54 Å². The minimum atomic E-state index is -0.328. The van der Waals surface area contributed by atoms with Crippen molar-refractivity contribution in [2.24, 2.45) is 5.92 Å². The monoisotopic (exact) mass is 302 g/mol. The highest BCUT2D eigenvalue weighted by Crippen LogP contribution is 2.27. The summed E-state index contributed by atoms with van der Waals surface area (Å²) in [4.78, 5) is 25.3. The van der Waals surface area contributed by atoms with Gasteiger partial charge in [0.15, 0.2) is 0 Å². The van der Waals surface area contributed by atoms with Crippen molar-refractivity contribution < 1.29 is 14.3 Å². The minimum absolute atomic E-state index is 0.0630. The number of carbonyl (C=O) groups excluding carboxylic acids is 2. The molecule has 0 bridgehead atoms. The number of amides is 2. The van der Waals surface area contributed by atoms with Crippen molar-refractivity contribution in [3.8, 4) is 0 Å². The number of hydrogen-bond acceptors (Lipinski definition) is 3. The van der Waals surface area contributed by atoms with Gasteiger partial charge in [-0.15, -0.1) is 0 Å². The van der Waals surface area contributed by atoms with Crippen LogP contribution in [-0.4, -0.2) is 25.2 Å². The molecule has 0 atom stereocenters. The molecule has 1 N–H and O–H groups in total. The molecule has 3 rings (SSSR count). The first-order chi connectivity index (χ1) is 10.7. The Balaban J connectivity index is 1.60. The van der Waals surface area contributed by atoms with Crippen LogP contribution in [0.2, 0.25) is 0 Å². The standard InChI is InChI=1S/C17H22N2O3/c20-16(11-13-5-2-1-3-6-13)18-14-7-4-8-15(12-14)19-9-10-22-17(19)21/h4,7-8,12-13H,1-3,5-6,9-11H2,(H,18,20). The van der Waals surface area contributed by atoms with E-state index in [0.717, 1.165) is 24.2 Å². The van der Waals surface area contributed by atoms with Crippen LogP contribution in [0.25, 0.3) is 0 Å². The van der Waals surface area contributed by atoms with Crippen LogP contribution >= 0.6 is 0 Å². The quantitative estimate of drug-likeness (QED) is 0.925. The average molecular weight is 302 g/mol. The highest BCUT2D eigenvalue weighted by Gasteiger charge is 2.23. The van der Waals surface area contributed by atoms with Crippen LogP contribution in [-0.2, 0) is 9.53 Å². The largest absolute Gasteiger partial charge is 0.447 e. The number of hydrogen-bond donors (Lipinski definition) is 1. The molecule has 5 heteroatoms. The predicted octanol–water partition coefficient (Wildman–Crippen LogP) is 3.55. The van der Waals surface area contributed by atoms with Crippen LogP contribution in [0.5, 0.6) is 0 Å². The van der Waals surface area contributed by atoms with Crippen LogP contribution in [0, 0.1) is 5.92 Å². The van der Waals surface area contributed by atoms with E-state index in [1.807, 2.05) is 24.3 Å². The molecule has 118 valence electrons. The molecule has 1 aromatic rings. The summed E-state index contributed by atoms with van der Waals surface area (Å²) < 4.78 is 4.94. The van der Waals surface area contributed by atoms with Crippen molar-refractivity contribution in [2.75, 3.05) is 23.4 Å². The first-order valence-electron chi connectivity index (χ1n) is 8.06. The van der Waals surface area contributed by atoms with Gasteiger partial charge < -0.3 is 10.1 Å². The fraction of sp³-hybridized carbons (Fsp3) is 0.529. The van der Waals surface area contributed by atoms with E-state index in [4.69, 9.17) is 4.74 Å². The van der Waals surface area contributed by atoms with Crippen LogP contribution in [0.1, 0.15) is 38.5 Å². The molecule has 0 spiro atoms. The lowest BCUT2D eigenvalue weighted by Crippen LogP contribution is -2.23. The number of nitrogens with one attached hydrogen (secondary N) is 1. The summed E-state index contributed by atoms with van der Waals surface area (Å²) in [6.45, 7) is 0.968. The maximum atomic E-state index is 12.2. The van der Waals surface area contributed by atoms with Crippen molar-refractivity contribution in [1.29, 1.82) is 0 Å². The molecule has 5 nitrogen and oxygen atoms in total. The number of cyclic esters (lactones) is 1. The van der Waals surface area contributed by atoms with E-state index < -0.39 is 0 Å². The molecule has 2 amide bonds. The number of nitrogens with zero attached hydrogens (tertiary/aromatic N) is 1. The molecular weight excluding hydrogens is 280 g/mol. The van der Waals surface area contributed by atoms with Crippen molar-refractivity contribution in [3.05, 3.63) is 24.3 Å². The van der Waals surface area contributed by atoms with Crippen LogP contribution in [0.15, 0.2) is 24.3 Å². The molecule has 0 radical (unpaired) electrons. The zero-order valence-corrected chi connectivity index (χ0v) is 12.7. The Morgan fingerprint density at radius 3 is 2.82 bits per heavy atom. The molecule has 1 aliphatic heterocycles. The molecule has 22 heavy (non-hydrogen) atoms. The SMILES string of the molecule is O=C(CC1CCCCC1)Nc1cccc(N2CCOC2=O)c1. The van der Waals surface area contributed by atoms with Gasteiger partial charge in [-0.1, -0.05) is 25.3 Å². The molecule has 1 saturated heterocycles. The fourth-order valence-corrected chi connectivity index (χ4v) is 3.24. The molecule has 2 fully saturated rings. The summed E-state index contributed by atoms with van der Waals surface area (Å²) >= 11 is 0. The van der Waals surface area contributed by atoms with Gasteiger partial charge in [-0.3, -0.25) is 9.69 Å². The molecule has 0 unspecified atom stereocenters. The summed E-state index contributed by atoms with van der Waals surface area (Å²) in [5.74, 6) is 0.582. The second-order valence-electron chi connectivity index (χ2n) is 6.07. The Hall–Kier alpha value is -2.04. The molecule has 0 aromatic heterocycles. The lowest BCUT2D eigenvalue weighted by atomic mass is 9.87. The lowest BCUT2D eigenvalue weighted by Gasteiger charge is -2.21. The van der Waals surface area contributed by atoms with Crippen LogP contribution in [0.3, 0.4) is 0 Å². The zero-order chi connectivity index (χ0) is 15.4. The maximum Gasteiger partial charge on any atom is 0.414 e. The third-order valence-electron chi connectivity index (χ3n) is 4.40. The average Bonchev–Trinajstić information content (AvgIpc) is 2.94. The number of benzene rings is 1. The van der Waals surface area contributed by atoms with Gasteiger partial charge in [-0.2, -0.15) is 0 Å². The number of anilines is 2. The minimum Gasteiger partial charge on any atom is -0.447 e. The molecule has 2 aliphatic rings. The van der Waals surface area contributed by atoms with Gasteiger partial charge in [0.25, 0.3) is 0 Å². The smallest absolute Gasteiger partial charge is 0.414 e. The van der Waals surface area contributed by atoms with Gasteiger partial charge in [0, 0.05) is 17.8 Å². The lowest BCUT2D eigenvalue weighted by molar-refractivity contribution is -0.117.